The van der Waals surface area contributed by atoms with E-state index in [0.29, 0.717) is 16.9 Å². The predicted octanol–water partition coefficient (Wildman–Crippen LogP) is 4.19. The summed E-state index contributed by atoms with van der Waals surface area (Å²) in [6.07, 6.45) is -4.49. The summed E-state index contributed by atoms with van der Waals surface area (Å²) in [5.41, 5.74) is 1.46. The predicted molar refractivity (Wildman–Crippen MR) is 113 cm³/mol. The van der Waals surface area contributed by atoms with E-state index in [2.05, 4.69) is 15.7 Å². The first-order valence-corrected chi connectivity index (χ1v) is 10.1. The Balaban J connectivity index is 1.76. The Morgan fingerprint density at radius 3 is 2.56 bits per heavy atom. The number of para-hydroxylation sites is 1. The van der Waals surface area contributed by atoms with E-state index in [4.69, 9.17) is 0 Å². The molecule has 4 rings (SSSR count). The van der Waals surface area contributed by atoms with Gasteiger partial charge in [-0.05, 0) is 30.7 Å². The van der Waals surface area contributed by atoms with E-state index in [1.807, 2.05) is 19.1 Å². The lowest BCUT2D eigenvalue weighted by Gasteiger charge is -2.12. The highest BCUT2D eigenvalue weighted by Crippen LogP contribution is 2.34. The number of rotatable bonds is 4. The third kappa shape index (κ3) is 4.10. The quantitative estimate of drug-likeness (QED) is 0.636. The number of nitrogens with zero attached hydrogens (tertiary/aromatic N) is 2. The van der Waals surface area contributed by atoms with Crippen LogP contribution in [0.15, 0.2) is 54.6 Å². The Hall–Kier alpha value is -3.62. The highest BCUT2D eigenvalue weighted by atomic mass is 19.4. The summed E-state index contributed by atoms with van der Waals surface area (Å²) < 4.78 is 41.3. The lowest BCUT2D eigenvalue weighted by Crippen LogP contribution is -2.28. The third-order valence-electron chi connectivity index (χ3n) is 5.64. The van der Waals surface area contributed by atoms with Crippen molar-refractivity contribution in [1.29, 1.82) is 0 Å². The molecular formula is C23H21F3N4O2. The molecule has 32 heavy (non-hydrogen) atoms. The molecule has 6 nitrogen and oxygen atoms in total. The van der Waals surface area contributed by atoms with Gasteiger partial charge >= 0.3 is 6.18 Å². The van der Waals surface area contributed by atoms with Gasteiger partial charge in [0.1, 0.15) is 0 Å². The van der Waals surface area contributed by atoms with Crippen molar-refractivity contribution in [2.45, 2.75) is 20.0 Å². The van der Waals surface area contributed by atoms with Gasteiger partial charge in [-0.2, -0.15) is 13.2 Å². The van der Waals surface area contributed by atoms with Crippen molar-refractivity contribution in [3.05, 3.63) is 65.7 Å². The number of aryl methyl sites for hydroxylation is 1. The minimum Gasteiger partial charge on any atom is -0.355 e. The Kier molecular flexibility index (Phi) is 5.50. The van der Waals surface area contributed by atoms with Crippen molar-refractivity contribution in [3.8, 4) is 16.9 Å². The fourth-order valence-electron chi connectivity index (χ4n) is 3.76. The average Bonchev–Trinajstić information content (AvgIpc) is 3.31. The summed E-state index contributed by atoms with van der Waals surface area (Å²) in [5, 5.41) is 9.83. The maximum atomic E-state index is 13.3. The molecule has 1 fully saturated rings. The highest BCUT2D eigenvalue weighted by Gasteiger charge is 2.36. The minimum absolute atomic E-state index is 0.192. The molecule has 0 bridgehead atoms. The Labute approximate surface area is 182 Å². The summed E-state index contributed by atoms with van der Waals surface area (Å²) >= 11 is 0. The zero-order valence-corrected chi connectivity index (χ0v) is 17.4. The standard InChI is InChI=1S/C23H21F3N4O2/c1-13-6-3-4-9-18(13)30-19(15-7-5-8-16(10-15)23(24,25)26)11-20(29-30)28-22(32)17-12-27-21(31)14(17)2/h3-11,14,17H,12H2,1-2H3,(H,27,31)(H,28,29,32)/t14-,17+/m1/s1. The van der Waals surface area contributed by atoms with Crippen LogP contribution >= 0.6 is 0 Å². The molecule has 2 N–H and O–H groups in total. The number of anilines is 1. The topological polar surface area (TPSA) is 76.0 Å². The fraction of sp³-hybridized carbons (Fsp3) is 0.261. The Bertz CT molecular complexity index is 1190. The number of hydrogen-bond acceptors (Lipinski definition) is 3. The monoisotopic (exact) mass is 442 g/mol. The second-order valence-electron chi connectivity index (χ2n) is 7.82. The summed E-state index contributed by atoms with van der Waals surface area (Å²) in [5.74, 6) is -1.40. The minimum atomic E-state index is -4.49. The largest absolute Gasteiger partial charge is 0.416 e. The van der Waals surface area contributed by atoms with Crippen LogP contribution in [0.4, 0.5) is 19.0 Å². The third-order valence-corrected chi connectivity index (χ3v) is 5.64. The van der Waals surface area contributed by atoms with Crippen LogP contribution in [-0.4, -0.2) is 28.1 Å². The molecule has 0 aliphatic carbocycles. The van der Waals surface area contributed by atoms with E-state index in [0.717, 1.165) is 17.7 Å². The number of amides is 2. The van der Waals surface area contributed by atoms with E-state index < -0.39 is 23.6 Å². The lowest BCUT2D eigenvalue weighted by molar-refractivity contribution is -0.137. The SMILES string of the molecule is Cc1ccccc1-n1nc(NC(=O)[C@H]2CNC(=O)[C@@H]2C)cc1-c1cccc(C(F)(F)F)c1. The van der Waals surface area contributed by atoms with Crippen molar-refractivity contribution in [1.82, 2.24) is 15.1 Å². The number of hydrogen-bond donors (Lipinski definition) is 2. The fourth-order valence-corrected chi connectivity index (χ4v) is 3.76. The van der Waals surface area contributed by atoms with Gasteiger partial charge in [-0.15, -0.1) is 5.10 Å². The average molecular weight is 442 g/mol. The molecule has 2 aromatic carbocycles. The molecule has 3 aromatic rings. The van der Waals surface area contributed by atoms with Crippen LogP contribution in [0.3, 0.4) is 0 Å². The van der Waals surface area contributed by atoms with Gasteiger partial charge in [0.05, 0.1) is 22.9 Å². The maximum Gasteiger partial charge on any atom is 0.416 e. The number of benzene rings is 2. The first kappa shape index (κ1) is 21.6. The highest BCUT2D eigenvalue weighted by molar-refractivity contribution is 5.98. The van der Waals surface area contributed by atoms with E-state index in [-0.39, 0.29) is 24.2 Å². The molecule has 1 aromatic heterocycles. The van der Waals surface area contributed by atoms with Crippen LogP contribution in [0.2, 0.25) is 0 Å². The first-order chi connectivity index (χ1) is 15.1. The van der Waals surface area contributed by atoms with Gasteiger partial charge in [-0.1, -0.05) is 37.3 Å². The van der Waals surface area contributed by atoms with Gasteiger partial charge < -0.3 is 10.6 Å². The summed E-state index contributed by atoms with van der Waals surface area (Å²) in [6.45, 7) is 3.76. The zero-order chi connectivity index (χ0) is 23.0. The van der Waals surface area contributed by atoms with Crippen LogP contribution < -0.4 is 10.6 Å². The summed E-state index contributed by atoms with van der Waals surface area (Å²) in [7, 11) is 0. The molecule has 2 atom stereocenters. The summed E-state index contributed by atoms with van der Waals surface area (Å²) in [4.78, 5) is 24.4. The van der Waals surface area contributed by atoms with Gasteiger partial charge in [-0.3, -0.25) is 9.59 Å². The van der Waals surface area contributed by atoms with E-state index in [9.17, 15) is 22.8 Å². The van der Waals surface area contributed by atoms with E-state index in [1.54, 1.807) is 25.1 Å². The second kappa shape index (κ2) is 8.14. The van der Waals surface area contributed by atoms with E-state index >= 15 is 0 Å². The summed E-state index contributed by atoms with van der Waals surface area (Å²) in [6, 6.07) is 13.8. The normalized spacial score (nSPS) is 18.5. The van der Waals surface area contributed by atoms with Crippen molar-refractivity contribution < 1.29 is 22.8 Å². The molecule has 0 radical (unpaired) electrons. The first-order valence-electron chi connectivity index (χ1n) is 10.1. The van der Waals surface area contributed by atoms with Gasteiger partial charge in [-0.25, -0.2) is 4.68 Å². The van der Waals surface area contributed by atoms with Crippen molar-refractivity contribution in [2.24, 2.45) is 11.8 Å². The van der Waals surface area contributed by atoms with Gasteiger partial charge in [0.2, 0.25) is 11.8 Å². The molecule has 9 heteroatoms. The van der Waals surface area contributed by atoms with Crippen LogP contribution in [-0.2, 0) is 15.8 Å². The van der Waals surface area contributed by atoms with Gasteiger partial charge in [0.15, 0.2) is 5.82 Å². The number of carbonyl (C=O) groups excluding carboxylic acids is 2. The molecule has 0 spiro atoms. The zero-order valence-electron chi connectivity index (χ0n) is 17.4. The molecule has 1 aliphatic rings. The van der Waals surface area contributed by atoms with Crippen molar-refractivity contribution in [3.63, 3.8) is 0 Å². The molecule has 166 valence electrons. The molecule has 1 aliphatic heterocycles. The molecule has 0 unspecified atom stereocenters. The van der Waals surface area contributed by atoms with Gasteiger partial charge in [0, 0.05) is 24.1 Å². The smallest absolute Gasteiger partial charge is 0.355 e. The molecule has 0 saturated carbocycles. The van der Waals surface area contributed by atoms with Crippen LogP contribution in [0.25, 0.3) is 16.9 Å². The Morgan fingerprint density at radius 2 is 1.91 bits per heavy atom. The molecule has 2 amide bonds. The molecule has 2 heterocycles. The maximum absolute atomic E-state index is 13.3. The Morgan fingerprint density at radius 1 is 1.16 bits per heavy atom. The lowest BCUT2D eigenvalue weighted by atomic mass is 9.97. The van der Waals surface area contributed by atoms with Crippen LogP contribution in [0, 0.1) is 18.8 Å². The number of aromatic nitrogens is 2. The number of nitrogens with one attached hydrogen (secondary N) is 2. The molecular weight excluding hydrogens is 421 g/mol. The van der Waals surface area contributed by atoms with Gasteiger partial charge in [0.25, 0.3) is 0 Å². The number of alkyl halides is 3. The second-order valence-corrected chi connectivity index (χ2v) is 7.82. The van der Waals surface area contributed by atoms with Crippen molar-refractivity contribution in [2.75, 3.05) is 11.9 Å². The number of carbonyl (C=O) groups is 2. The van der Waals surface area contributed by atoms with E-state index in [1.165, 1.54) is 16.8 Å². The van der Waals surface area contributed by atoms with Crippen LogP contribution in [0.5, 0.6) is 0 Å². The number of halogens is 3. The van der Waals surface area contributed by atoms with Crippen LogP contribution in [0.1, 0.15) is 18.1 Å². The van der Waals surface area contributed by atoms with Crippen molar-refractivity contribution >= 4 is 17.6 Å². The molecule has 1 saturated heterocycles.